The van der Waals surface area contributed by atoms with E-state index in [2.05, 4.69) is 26.9 Å². The summed E-state index contributed by atoms with van der Waals surface area (Å²) >= 11 is 0. The fourth-order valence-corrected chi connectivity index (χ4v) is 3.12. The number of carbonyl (C=O) groups excluding carboxylic acids is 1. The molecule has 3 rings (SSSR count). The summed E-state index contributed by atoms with van der Waals surface area (Å²) in [4.78, 5) is 29.4. The van der Waals surface area contributed by atoms with Crippen LogP contribution in [0.25, 0.3) is 11.6 Å². The van der Waals surface area contributed by atoms with Crippen LogP contribution in [0.2, 0.25) is 0 Å². The highest BCUT2D eigenvalue weighted by Gasteiger charge is 2.14. The predicted octanol–water partition coefficient (Wildman–Crippen LogP) is 3.83. The summed E-state index contributed by atoms with van der Waals surface area (Å²) in [6, 6.07) is 6.95. The Morgan fingerprint density at radius 2 is 1.79 bits per heavy atom. The molecule has 0 aliphatic heterocycles. The van der Waals surface area contributed by atoms with Crippen LogP contribution in [0.5, 0.6) is 0 Å². The number of benzene rings is 1. The third-order valence-corrected chi connectivity index (χ3v) is 4.78. The Kier molecular flexibility index (Phi) is 6.94. The lowest BCUT2D eigenvalue weighted by molar-refractivity contribution is -0.107. The van der Waals surface area contributed by atoms with Crippen molar-refractivity contribution >= 4 is 12.0 Å². The van der Waals surface area contributed by atoms with Crippen LogP contribution in [0.15, 0.2) is 49.1 Å². The first-order chi connectivity index (χ1) is 14.1. The molecular weight excluding hydrogens is 369 g/mol. The van der Waals surface area contributed by atoms with Crippen molar-refractivity contribution in [1.82, 2.24) is 19.9 Å². The van der Waals surface area contributed by atoms with Crippen molar-refractivity contribution in [1.29, 1.82) is 0 Å². The van der Waals surface area contributed by atoms with Crippen LogP contribution < -0.4 is 4.90 Å². The van der Waals surface area contributed by atoms with Crippen molar-refractivity contribution in [3.63, 3.8) is 0 Å². The van der Waals surface area contributed by atoms with Crippen LogP contribution in [0, 0.1) is 5.82 Å². The van der Waals surface area contributed by atoms with Gasteiger partial charge < -0.3 is 9.69 Å². The molecule has 0 saturated carbocycles. The zero-order valence-corrected chi connectivity index (χ0v) is 16.6. The van der Waals surface area contributed by atoms with Crippen LogP contribution in [-0.2, 0) is 11.2 Å². The van der Waals surface area contributed by atoms with Gasteiger partial charge in [-0.25, -0.2) is 24.3 Å². The Labute approximate surface area is 169 Å². The molecule has 6 nitrogen and oxygen atoms in total. The molecule has 7 heteroatoms. The molecule has 0 saturated heterocycles. The molecule has 1 unspecified atom stereocenters. The van der Waals surface area contributed by atoms with E-state index < -0.39 is 0 Å². The van der Waals surface area contributed by atoms with Crippen molar-refractivity contribution in [2.24, 2.45) is 0 Å². The van der Waals surface area contributed by atoms with Crippen LogP contribution in [-0.4, -0.2) is 39.8 Å². The number of anilines is 1. The average Bonchev–Trinajstić information content (AvgIpc) is 2.75. The van der Waals surface area contributed by atoms with Crippen molar-refractivity contribution < 1.29 is 9.18 Å². The van der Waals surface area contributed by atoms with Crippen molar-refractivity contribution in [3.8, 4) is 11.6 Å². The molecule has 0 N–H and O–H groups in total. The third-order valence-electron chi connectivity index (χ3n) is 4.78. The van der Waals surface area contributed by atoms with Gasteiger partial charge in [0.05, 0.1) is 5.69 Å². The van der Waals surface area contributed by atoms with Crippen LogP contribution >= 0.6 is 0 Å². The number of hydrogen-bond acceptors (Lipinski definition) is 6. The molecule has 3 aromatic rings. The van der Waals surface area contributed by atoms with Gasteiger partial charge in [0.1, 0.15) is 12.1 Å². The van der Waals surface area contributed by atoms with E-state index in [9.17, 15) is 9.18 Å². The highest BCUT2D eigenvalue weighted by Crippen LogP contribution is 2.27. The molecule has 0 spiro atoms. The number of hydrogen-bond donors (Lipinski definition) is 0. The van der Waals surface area contributed by atoms with Gasteiger partial charge in [0.2, 0.25) is 0 Å². The molecule has 0 fully saturated rings. The lowest BCUT2D eigenvalue weighted by atomic mass is 9.94. The van der Waals surface area contributed by atoms with Crippen molar-refractivity contribution in [2.75, 3.05) is 18.5 Å². The summed E-state index contributed by atoms with van der Waals surface area (Å²) < 4.78 is 14.3. The molecular formula is C22H24FN5O. The van der Waals surface area contributed by atoms with E-state index in [1.165, 1.54) is 6.07 Å². The lowest BCUT2D eigenvalue weighted by Crippen LogP contribution is -2.20. The summed E-state index contributed by atoms with van der Waals surface area (Å²) in [5.41, 5.74) is 2.58. The molecule has 2 aromatic heterocycles. The molecule has 0 amide bonds. The van der Waals surface area contributed by atoms with Gasteiger partial charge in [-0.1, -0.05) is 13.0 Å². The zero-order valence-electron chi connectivity index (χ0n) is 16.6. The van der Waals surface area contributed by atoms with Gasteiger partial charge in [0.25, 0.3) is 0 Å². The van der Waals surface area contributed by atoms with E-state index in [0.29, 0.717) is 36.7 Å². The lowest BCUT2D eigenvalue weighted by Gasteiger charge is -2.22. The van der Waals surface area contributed by atoms with Gasteiger partial charge >= 0.3 is 0 Å². The van der Waals surface area contributed by atoms with Gasteiger partial charge in [-0.05, 0) is 48.1 Å². The second-order valence-electron chi connectivity index (χ2n) is 7.03. The number of aldehydes is 1. The van der Waals surface area contributed by atoms with E-state index in [-0.39, 0.29) is 11.7 Å². The Bertz CT molecular complexity index is 934. The maximum atomic E-state index is 14.3. The van der Waals surface area contributed by atoms with Gasteiger partial charge in [-0.2, -0.15) is 0 Å². The fraction of sp³-hybridized carbons (Fsp3) is 0.318. The summed E-state index contributed by atoms with van der Waals surface area (Å²) in [6.45, 7) is 2.72. The molecule has 0 radical (unpaired) electrons. The minimum absolute atomic E-state index is 0.167. The summed E-state index contributed by atoms with van der Waals surface area (Å²) in [5, 5.41) is 0. The quantitative estimate of drug-likeness (QED) is 0.406. The van der Waals surface area contributed by atoms with E-state index in [1.54, 1.807) is 30.9 Å². The number of nitrogens with zero attached hydrogens (tertiary/aromatic N) is 5. The molecule has 1 atom stereocenters. The minimum atomic E-state index is -0.259. The predicted molar refractivity (Wildman–Crippen MR) is 110 cm³/mol. The van der Waals surface area contributed by atoms with Crippen LogP contribution in [0.3, 0.4) is 0 Å². The van der Waals surface area contributed by atoms with Gasteiger partial charge in [0.15, 0.2) is 11.6 Å². The van der Waals surface area contributed by atoms with Crippen molar-refractivity contribution in [3.05, 3.63) is 66.0 Å². The van der Waals surface area contributed by atoms with Gasteiger partial charge in [-0.15, -0.1) is 0 Å². The Balaban J connectivity index is 1.69. The maximum Gasteiger partial charge on any atom is 0.197 e. The number of halogens is 1. The van der Waals surface area contributed by atoms with E-state index >= 15 is 0 Å². The summed E-state index contributed by atoms with van der Waals surface area (Å²) in [6.07, 6.45) is 9.68. The Morgan fingerprint density at radius 3 is 2.48 bits per heavy atom. The average molecular weight is 393 g/mol. The second-order valence-corrected chi connectivity index (χ2v) is 7.03. The molecule has 150 valence electrons. The number of aromatic nitrogens is 4. The molecule has 0 aliphatic carbocycles. The number of carbonyl (C=O) groups is 1. The molecule has 0 aliphatic rings. The summed E-state index contributed by atoms with van der Waals surface area (Å²) in [5.74, 6) is 0.890. The highest BCUT2D eigenvalue weighted by atomic mass is 19.1. The van der Waals surface area contributed by atoms with Crippen LogP contribution in [0.1, 0.15) is 36.8 Å². The molecule has 29 heavy (non-hydrogen) atoms. The molecule has 2 heterocycles. The standard InChI is InChI=1S/C22H24FN5O/c1-16(12-17-14-26-22(27-15-17)21-24-8-5-9-25-21)18-6-7-19(23)20(13-18)28(2)10-3-4-11-29/h5-9,11,13-16H,3-4,10,12H2,1-2H3. The largest absolute Gasteiger partial charge is 0.372 e. The van der Waals surface area contributed by atoms with Gasteiger partial charge in [0, 0.05) is 44.8 Å². The maximum absolute atomic E-state index is 14.3. The number of rotatable bonds is 9. The normalized spacial score (nSPS) is 11.8. The zero-order chi connectivity index (χ0) is 20.6. The monoisotopic (exact) mass is 393 g/mol. The topological polar surface area (TPSA) is 71.9 Å². The number of unbranched alkanes of at least 4 members (excludes halogenated alkanes) is 1. The fourth-order valence-electron chi connectivity index (χ4n) is 3.12. The van der Waals surface area contributed by atoms with Crippen LogP contribution in [0.4, 0.5) is 10.1 Å². The SMILES string of the molecule is CC(Cc1cnc(-c2ncccn2)nc1)c1ccc(F)c(N(C)CCCC=O)c1. The first-order valence-electron chi connectivity index (χ1n) is 9.61. The molecule has 1 aromatic carbocycles. The van der Waals surface area contributed by atoms with E-state index in [0.717, 1.165) is 23.8 Å². The Morgan fingerprint density at radius 1 is 1.10 bits per heavy atom. The van der Waals surface area contributed by atoms with Gasteiger partial charge in [-0.3, -0.25) is 0 Å². The first kappa shape index (κ1) is 20.5. The highest BCUT2D eigenvalue weighted by molar-refractivity contribution is 5.51. The first-order valence-corrected chi connectivity index (χ1v) is 9.61. The smallest absolute Gasteiger partial charge is 0.197 e. The third kappa shape index (κ3) is 5.40. The molecule has 0 bridgehead atoms. The van der Waals surface area contributed by atoms with E-state index in [4.69, 9.17) is 0 Å². The minimum Gasteiger partial charge on any atom is -0.372 e. The summed E-state index contributed by atoms with van der Waals surface area (Å²) in [7, 11) is 1.84. The van der Waals surface area contributed by atoms with E-state index in [1.807, 2.05) is 24.1 Å². The Hall–Kier alpha value is -3.22. The second kappa shape index (κ2) is 9.82. The van der Waals surface area contributed by atoms with Crippen molar-refractivity contribution in [2.45, 2.75) is 32.1 Å².